The monoisotopic (exact) mass is 311 g/mol. The first kappa shape index (κ1) is 18.1. The van der Waals surface area contributed by atoms with Crippen LogP contribution in [0.4, 0.5) is 0 Å². The lowest BCUT2D eigenvalue weighted by Crippen LogP contribution is -2.25. The van der Waals surface area contributed by atoms with Gasteiger partial charge in [0.05, 0.1) is 11.5 Å². The van der Waals surface area contributed by atoms with E-state index in [1.165, 1.54) is 62.5 Å². The van der Waals surface area contributed by atoms with Gasteiger partial charge in [0.15, 0.2) is 0 Å². The summed E-state index contributed by atoms with van der Waals surface area (Å²) < 4.78 is 0. The Morgan fingerprint density at radius 2 is 1.65 bits per heavy atom. The quantitative estimate of drug-likeness (QED) is 0.485. The molecule has 1 saturated carbocycles. The van der Waals surface area contributed by atoms with E-state index in [9.17, 15) is 5.26 Å². The molecule has 0 radical (unpaired) electrons. The zero-order valence-corrected chi connectivity index (χ0v) is 15.1. The maximum absolute atomic E-state index is 9.61. The molecule has 1 nitrogen and oxygen atoms in total. The third kappa shape index (κ3) is 5.10. The van der Waals surface area contributed by atoms with Gasteiger partial charge in [0.25, 0.3) is 0 Å². The van der Waals surface area contributed by atoms with Gasteiger partial charge in [0, 0.05) is 0 Å². The summed E-state index contributed by atoms with van der Waals surface area (Å²) in [6, 6.07) is 12.0. The van der Waals surface area contributed by atoms with Crippen molar-refractivity contribution in [1.29, 1.82) is 5.26 Å². The molecule has 0 saturated heterocycles. The molecule has 126 valence electrons. The van der Waals surface area contributed by atoms with Gasteiger partial charge in [-0.15, -0.1) is 0 Å². The molecule has 1 heteroatoms. The Morgan fingerprint density at radius 3 is 2.22 bits per heavy atom. The standard InChI is InChI=1S/C22H33N/c1-3-5-7-8-19-9-11-20(12-10-19)21-13-16-22(18-23,17-14-21)15-6-4-2/h9-12,21H,3-8,13-17H2,1-2H3/t21-,22-. The molecule has 0 aromatic heterocycles. The van der Waals surface area contributed by atoms with Crippen LogP contribution in [0.1, 0.15) is 95.1 Å². The van der Waals surface area contributed by atoms with Crippen LogP contribution in [0, 0.1) is 16.7 Å². The number of unbranched alkanes of at least 4 members (excludes halogenated alkanes) is 3. The van der Waals surface area contributed by atoms with Crippen LogP contribution in [0.25, 0.3) is 0 Å². The molecule has 1 aliphatic carbocycles. The van der Waals surface area contributed by atoms with Crippen molar-refractivity contribution in [2.45, 2.75) is 90.4 Å². The minimum atomic E-state index is -0.0212. The van der Waals surface area contributed by atoms with Crippen molar-refractivity contribution in [3.8, 4) is 6.07 Å². The first-order valence-corrected chi connectivity index (χ1v) is 9.73. The van der Waals surface area contributed by atoms with E-state index in [0.717, 1.165) is 19.3 Å². The minimum Gasteiger partial charge on any atom is -0.198 e. The second-order valence-corrected chi connectivity index (χ2v) is 7.47. The molecule has 0 N–H and O–H groups in total. The highest BCUT2D eigenvalue weighted by Crippen LogP contribution is 2.45. The summed E-state index contributed by atoms with van der Waals surface area (Å²) >= 11 is 0. The molecule has 1 aromatic rings. The number of benzene rings is 1. The number of nitriles is 1. The molecular weight excluding hydrogens is 278 g/mol. The molecule has 23 heavy (non-hydrogen) atoms. The molecule has 0 amide bonds. The first-order valence-electron chi connectivity index (χ1n) is 9.73. The predicted molar refractivity (Wildman–Crippen MR) is 98.5 cm³/mol. The van der Waals surface area contributed by atoms with Gasteiger partial charge in [-0.25, -0.2) is 0 Å². The van der Waals surface area contributed by atoms with Gasteiger partial charge in [-0.3, -0.25) is 0 Å². The topological polar surface area (TPSA) is 23.8 Å². The van der Waals surface area contributed by atoms with Crippen LogP contribution in [0.15, 0.2) is 24.3 Å². The van der Waals surface area contributed by atoms with Crippen molar-refractivity contribution in [2.24, 2.45) is 5.41 Å². The number of hydrogen-bond acceptors (Lipinski definition) is 1. The summed E-state index contributed by atoms with van der Waals surface area (Å²) in [5, 5.41) is 9.61. The maximum atomic E-state index is 9.61. The average molecular weight is 312 g/mol. The molecule has 1 fully saturated rings. The zero-order valence-electron chi connectivity index (χ0n) is 15.1. The second kappa shape index (κ2) is 9.11. The molecule has 1 aliphatic rings. The molecule has 0 spiro atoms. The van der Waals surface area contributed by atoms with Gasteiger partial charge in [-0.1, -0.05) is 63.8 Å². The van der Waals surface area contributed by atoms with Crippen LogP contribution in [0.5, 0.6) is 0 Å². The fourth-order valence-electron chi connectivity index (χ4n) is 3.97. The van der Waals surface area contributed by atoms with Gasteiger partial charge in [0.2, 0.25) is 0 Å². The van der Waals surface area contributed by atoms with Crippen LogP contribution in [-0.2, 0) is 6.42 Å². The summed E-state index contributed by atoms with van der Waals surface area (Å²) in [7, 11) is 0. The van der Waals surface area contributed by atoms with E-state index >= 15 is 0 Å². The fraction of sp³-hybridized carbons (Fsp3) is 0.682. The lowest BCUT2D eigenvalue weighted by molar-refractivity contribution is 0.224. The van der Waals surface area contributed by atoms with Gasteiger partial charge in [-0.05, 0) is 62.0 Å². The summed E-state index contributed by atoms with van der Waals surface area (Å²) in [6.45, 7) is 4.48. The van der Waals surface area contributed by atoms with Gasteiger partial charge >= 0.3 is 0 Å². The highest BCUT2D eigenvalue weighted by Gasteiger charge is 2.35. The van der Waals surface area contributed by atoms with E-state index in [0.29, 0.717) is 5.92 Å². The molecule has 0 unspecified atom stereocenters. The normalized spacial score (nSPS) is 24.3. The van der Waals surface area contributed by atoms with E-state index in [4.69, 9.17) is 0 Å². The molecule has 0 heterocycles. The van der Waals surface area contributed by atoms with Crippen molar-refractivity contribution < 1.29 is 0 Å². The van der Waals surface area contributed by atoms with Crippen LogP contribution in [-0.4, -0.2) is 0 Å². The Balaban J connectivity index is 1.88. The Kier molecular flexibility index (Phi) is 7.15. The highest BCUT2D eigenvalue weighted by atomic mass is 14.4. The number of rotatable bonds is 8. The van der Waals surface area contributed by atoms with E-state index in [-0.39, 0.29) is 5.41 Å². The van der Waals surface area contributed by atoms with E-state index in [2.05, 4.69) is 44.2 Å². The van der Waals surface area contributed by atoms with Crippen molar-refractivity contribution in [3.05, 3.63) is 35.4 Å². The van der Waals surface area contributed by atoms with Crippen molar-refractivity contribution in [2.75, 3.05) is 0 Å². The second-order valence-electron chi connectivity index (χ2n) is 7.47. The Morgan fingerprint density at radius 1 is 1.00 bits per heavy atom. The SMILES string of the molecule is CCCCCc1ccc([C@H]2CC[C@@](C#N)(CCCC)CC2)cc1. The zero-order chi connectivity index (χ0) is 16.5. The van der Waals surface area contributed by atoms with Crippen LogP contribution in [0.2, 0.25) is 0 Å². The fourth-order valence-corrected chi connectivity index (χ4v) is 3.97. The number of hydrogen-bond donors (Lipinski definition) is 0. The third-order valence-electron chi connectivity index (χ3n) is 5.71. The Labute approximate surface area is 143 Å². The minimum absolute atomic E-state index is 0.0212. The number of aryl methyl sites for hydroxylation is 1. The van der Waals surface area contributed by atoms with Gasteiger partial charge < -0.3 is 0 Å². The Hall–Kier alpha value is -1.29. The van der Waals surface area contributed by atoms with Crippen LogP contribution in [0.3, 0.4) is 0 Å². The van der Waals surface area contributed by atoms with Crippen LogP contribution >= 0.6 is 0 Å². The third-order valence-corrected chi connectivity index (χ3v) is 5.71. The molecule has 0 bridgehead atoms. The maximum Gasteiger partial charge on any atom is 0.0689 e. The van der Waals surface area contributed by atoms with Crippen molar-refractivity contribution in [1.82, 2.24) is 0 Å². The van der Waals surface area contributed by atoms with Crippen LogP contribution < -0.4 is 0 Å². The molecule has 2 rings (SSSR count). The van der Waals surface area contributed by atoms with Crippen molar-refractivity contribution >= 4 is 0 Å². The molecular formula is C22H33N. The first-order chi connectivity index (χ1) is 11.2. The Bertz CT molecular complexity index is 486. The lowest BCUT2D eigenvalue weighted by Gasteiger charge is -2.35. The molecule has 0 aliphatic heterocycles. The highest BCUT2D eigenvalue weighted by molar-refractivity contribution is 5.26. The summed E-state index contributed by atoms with van der Waals surface area (Å²) in [5.74, 6) is 0.669. The van der Waals surface area contributed by atoms with Gasteiger partial charge in [0.1, 0.15) is 0 Å². The predicted octanol–water partition coefficient (Wildman–Crippen LogP) is 6.78. The summed E-state index contributed by atoms with van der Waals surface area (Å²) in [6.07, 6.45) is 13.2. The summed E-state index contributed by atoms with van der Waals surface area (Å²) in [5.41, 5.74) is 2.95. The largest absolute Gasteiger partial charge is 0.198 e. The average Bonchev–Trinajstić information content (AvgIpc) is 2.61. The lowest BCUT2D eigenvalue weighted by atomic mass is 9.67. The summed E-state index contributed by atoms with van der Waals surface area (Å²) in [4.78, 5) is 0. The van der Waals surface area contributed by atoms with E-state index < -0.39 is 0 Å². The van der Waals surface area contributed by atoms with E-state index in [1.54, 1.807) is 0 Å². The molecule has 1 aromatic carbocycles. The van der Waals surface area contributed by atoms with Crippen molar-refractivity contribution in [3.63, 3.8) is 0 Å². The smallest absolute Gasteiger partial charge is 0.0689 e. The van der Waals surface area contributed by atoms with E-state index in [1.807, 2.05) is 0 Å². The molecule has 0 atom stereocenters. The van der Waals surface area contributed by atoms with Gasteiger partial charge in [-0.2, -0.15) is 5.26 Å². The number of nitrogens with zero attached hydrogens (tertiary/aromatic N) is 1.